The Balaban J connectivity index is 0.00000441. The van der Waals surface area contributed by atoms with Gasteiger partial charge in [-0.2, -0.15) is 0 Å². The van der Waals surface area contributed by atoms with E-state index in [1.54, 1.807) is 18.2 Å². The van der Waals surface area contributed by atoms with Crippen molar-refractivity contribution in [2.24, 2.45) is 11.7 Å². The molecular formula is C15H23BrClN3O2. The van der Waals surface area contributed by atoms with Gasteiger partial charge < -0.3 is 16.4 Å². The van der Waals surface area contributed by atoms with E-state index < -0.39 is 6.04 Å². The smallest absolute Gasteiger partial charge is 0.251 e. The van der Waals surface area contributed by atoms with Crippen LogP contribution in [0.1, 0.15) is 30.6 Å². The molecule has 7 heteroatoms. The lowest BCUT2D eigenvalue weighted by molar-refractivity contribution is -0.123. The molecule has 2 unspecified atom stereocenters. The molecular weight excluding hydrogens is 370 g/mol. The molecule has 0 heterocycles. The van der Waals surface area contributed by atoms with Crippen LogP contribution in [0.15, 0.2) is 28.7 Å². The highest BCUT2D eigenvalue weighted by atomic mass is 79.9. The summed E-state index contributed by atoms with van der Waals surface area (Å²) >= 11 is 3.32. The number of benzene rings is 1. The lowest BCUT2D eigenvalue weighted by Crippen LogP contribution is -2.46. The SMILES string of the molecule is CCC(C)C(N)C(=O)NCCNC(=O)c1cccc(Br)c1.Cl. The summed E-state index contributed by atoms with van der Waals surface area (Å²) in [5.74, 6) is -0.209. The summed E-state index contributed by atoms with van der Waals surface area (Å²) in [4.78, 5) is 23.6. The number of amides is 2. The van der Waals surface area contributed by atoms with E-state index in [1.165, 1.54) is 0 Å². The number of nitrogens with two attached hydrogens (primary N) is 1. The van der Waals surface area contributed by atoms with Gasteiger partial charge in [-0.05, 0) is 24.1 Å². The van der Waals surface area contributed by atoms with Gasteiger partial charge in [0.25, 0.3) is 5.91 Å². The molecule has 0 radical (unpaired) electrons. The minimum atomic E-state index is -0.504. The van der Waals surface area contributed by atoms with Gasteiger partial charge in [0.15, 0.2) is 0 Å². The molecule has 1 rings (SSSR count). The minimum Gasteiger partial charge on any atom is -0.353 e. The number of hydrogen-bond donors (Lipinski definition) is 3. The van der Waals surface area contributed by atoms with Crippen LogP contribution in [0.4, 0.5) is 0 Å². The monoisotopic (exact) mass is 391 g/mol. The highest BCUT2D eigenvalue weighted by Crippen LogP contribution is 2.11. The predicted molar refractivity (Wildman–Crippen MR) is 94.2 cm³/mol. The molecule has 0 aliphatic heterocycles. The highest BCUT2D eigenvalue weighted by Gasteiger charge is 2.18. The zero-order valence-corrected chi connectivity index (χ0v) is 15.2. The van der Waals surface area contributed by atoms with Crippen LogP contribution in [-0.2, 0) is 4.79 Å². The maximum atomic E-state index is 11.9. The van der Waals surface area contributed by atoms with Crippen LogP contribution in [0.3, 0.4) is 0 Å². The van der Waals surface area contributed by atoms with Crippen molar-refractivity contribution in [2.75, 3.05) is 13.1 Å². The third kappa shape index (κ3) is 6.77. The standard InChI is InChI=1S/C15H22BrN3O2.ClH/c1-3-10(2)13(17)15(21)19-8-7-18-14(20)11-5-4-6-12(16)9-11;/h4-6,9-10,13H,3,7-8,17H2,1-2H3,(H,18,20)(H,19,21);1H. The Morgan fingerprint density at radius 2 is 1.91 bits per heavy atom. The first-order valence-corrected chi connectivity index (χ1v) is 7.82. The van der Waals surface area contributed by atoms with E-state index in [9.17, 15) is 9.59 Å². The zero-order chi connectivity index (χ0) is 15.8. The molecule has 2 atom stereocenters. The Morgan fingerprint density at radius 3 is 2.50 bits per heavy atom. The first-order valence-electron chi connectivity index (χ1n) is 7.02. The molecule has 1 aromatic rings. The summed E-state index contributed by atoms with van der Waals surface area (Å²) in [7, 11) is 0. The van der Waals surface area contributed by atoms with Crippen molar-refractivity contribution in [2.45, 2.75) is 26.3 Å². The predicted octanol–water partition coefficient (Wildman–Crippen LogP) is 2.09. The van der Waals surface area contributed by atoms with E-state index in [0.29, 0.717) is 18.7 Å². The van der Waals surface area contributed by atoms with Gasteiger partial charge >= 0.3 is 0 Å². The van der Waals surface area contributed by atoms with Crippen LogP contribution >= 0.6 is 28.3 Å². The van der Waals surface area contributed by atoms with Crippen LogP contribution in [0, 0.1) is 5.92 Å². The van der Waals surface area contributed by atoms with Crippen LogP contribution in [0.2, 0.25) is 0 Å². The first kappa shape index (κ1) is 20.9. The molecule has 0 bridgehead atoms. The molecule has 1 aromatic carbocycles. The number of hydrogen-bond acceptors (Lipinski definition) is 3. The second kappa shape index (κ2) is 10.6. The Morgan fingerprint density at radius 1 is 1.27 bits per heavy atom. The summed E-state index contributed by atoms with van der Waals surface area (Å²) in [6.07, 6.45) is 0.855. The lowest BCUT2D eigenvalue weighted by atomic mass is 9.99. The normalized spacial score (nSPS) is 12.7. The van der Waals surface area contributed by atoms with E-state index in [0.717, 1.165) is 10.9 Å². The van der Waals surface area contributed by atoms with E-state index in [-0.39, 0.29) is 30.1 Å². The van der Waals surface area contributed by atoms with Crippen molar-refractivity contribution in [3.63, 3.8) is 0 Å². The zero-order valence-electron chi connectivity index (χ0n) is 12.8. The molecule has 2 amide bonds. The fraction of sp³-hybridized carbons (Fsp3) is 0.467. The van der Waals surface area contributed by atoms with Crippen molar-refractivity contribution in [1.29, 1.82) is 0 Å². The molecule has 0 fully saturated rings. The Kier molecular flexibility index (Phi) is 10.1. The van der Waals surface area contributed by atoms with Crippen molar-refractivity contribution in [3.8, 4) is 0 Å². The molecule has 0 aliphatic carbocycles. The molecule has 0 saturated carbocycles. The van der Waals surface area contributed by atoms with Crippen LogP contribution < -0.4 is 16.4 Å². The molecule has 5 nitrogen and oxygen atoms in total. The largest absolute Gasteiger partial charge is 0.353 e. The van der Waals surface area contributed by atoms with Gasteiger partial charge in [-0.25, -0.2) is 0 Å². The third-order valence-corrected chi connectivity index (χ3v) is 3.85. The number of carbonyl (C=O) groups excluding carboxylic acids is 2. The summed E-state index contributed by atoms with van der Waals surface area (Å²) in [5, 5.41) is 5.48. The molecule has 0 saturated heterocycles. The molecule has 0 spiro atoms. The first-order chi connectivity index (χ1) is 9.95. The summed E-state index contributed by atoms with van der Waals surface area (Å²) in [6, 6.07) is 6.62. The molecule has 0 aromatic heterocycles. The maximum Gasteiger partial charge on any atom is 0.251 e. The number of nitrogens with one attached hydrogen (secondary N) is 2. The topological polar surface area (TPSA) is 84.2 Å². The molecule has 0 aliphatic rings. The lowest BCUT2D eigenvalue weighted by Gasteiger charge is -2.17. The van der Waals surface area contributed by atoms with Gasteiger partial charge in [0.05, 0.1) is 6.04 Å². The van der Waals surface area contributed by atoms with Gasteiger partial charge in [0.1, 0.15) is 0 Å². The summed E-state index contributed by atoms with van der Waals surface area (Å²) in [5.41, 5.74) is 6.39. The molecule has 22 heavy (non-hydrogen) atoms. The number of carbonyl (C=O) groups is 2. The van der Waals surface area contributed by atoms with E-state index in [4.69, 9.17) is 5.73 Å². The van der Waals surface area contributed by atoms with Gasteiger partial charge in [-0.3, -0.25) is 9.59 Å². The van der Waals surface area contributed by atoms with Crippen LogP contribution in [-0.4, -0.2) is 30.9 Å². The Labute approximate surface area is 145 Å². The fourth-order valence-electron chi connectivity index (χ4n) is 1.72. The summed E-state index contributed by atoms with van der Waals surface area (Å²) < 4.78 is 0.850. The maximum absolute atomic E-state index is 11.9. The average molecular weight is 393 g/mol. The Hall–Kier alpha value is -1.11. The summed E-state index contributed by atoms with van der Waals surface area (Å²) in [6.45, 7) is 4.67. The van der Waals surface area contributed by atoms with Gasteiger partial charge in [0.2, 0.25) is 5.91 Å². The number of rotatable bonds is 7. The van der Waals surface area contributed by atoms with Crippen molar-refractivity contribution in [1.82, 2.24) is 10.6 Å². The van der Waals surface area contributed by atoms with Crippen LogP contribution in [0.5, 0.6) is 0 Å². The quantitative estimate of drug-likeness (QED) is 0.621. The van der Waals surface area contributed by atoms with Gasteiger partial charge in [-0.15, -0.1) is 12.4 Å². The second-order valence-corrected chi connectivity index (χ2v) is 5.88. The van der Waals surface area contributed by atoms with Gasteiger partial charge in [-0.1, -0.05) is 42.3 Å². The van der Waals surface area contributed by atoms with Crippen molar-refractivity contribution in [3.05, 3.63) is 34.3 Å². The van der Waals surface area contributed by atoms with Gasteiger partial charge in [0, 0.05) is 23.1 Å². The molecule has 124 valence electrons. The van der Waals surface area contributed by atoms with E-state index >= 15 is 0 Å². The minimum absolute atomic E-state index is 0. The second-order valence-electron chi connectivity index (χ2n) is 4.97. The fourth-order valence-corrected chi connectivity index (χ4v) is 2.12. The van der Waals surface area contributed by atoms with Crippen molar-refractivity contribution < 1.29 is 9.59 Å². The Bertz CT molecular complexity index is 499. The van der Waals surface area contributed by atoms with E-state index in [2.05, 4.69) is 26.6 Å². The average Bonchev–Trinajstić information content (AvgIpc) is 2.49. The van der Waals surface area contributed by atoms with Crippen LogP contribution in [0.25, 0.3) is 0 Å². The van der Waals surface area contributed by atoms with E-state index in [1.807, 2.05) is 19.9 Å². The third-order valence-electron chi connectivity index (χ3n) is 3.36. The van der Waals surface area contributed by atoms with Crippen molar-refractivity contribution >= 4 is 40.2 Å². The number of halogens is 2. The molecule has 4 N–H and O–H groups in total. The highest BCUT2D eigenvalue weighted by molar-refractivity contribution is 9.10.